The van der Waals surface area contributed by atoms with Gasteiger partial charge in [0.05, 0.1) is 44.1 Å². The van der Waals surface area contributed by atoms with E-state index in [-0.39, 0.29) is 19.1 Å². The van der Waals surface area contributed by atoms with Crippen molar-refractivity contribution in [2.45, 2.75) is 117 Å². The number of hydrogen-bond donors (Lipinski definition) is 14. The van der Waals surface area contributed by atoms with E-state index in [4.69, 9.17) is 52.1 Å². The van der Waals surface area contributed by atoms with E-state index in [1.807, 2.05) is 0 Å². The third kappa shape index (κ3) is 8.98. The molecular weight excluding hydrogens is 592 g/mol. The van der Waals surface area contributed by atoms with Crippen LogP contribution in [0.1, 0.15) is 19.3 Å². The molecule has 0 aromatic heterocycles. The lowest BCUT2D eigenvalue weighted by Crippen LogP contribution is -2.66. The normalized spacial score (nSPS) is 42.5. The molecule has 19 nitrogen and oxygen atoms in total. The maximum Gasteiger partial charge on any atom is 0.186 e. The highest BCUT2D eigenvalue weighted by Crippen LogP contribution is 2.33. The highest BCUT2D eigenvalue weighted by molar-refractivity contribution is 5.85. The van der Waals surface area contributed by atoms with Crippen molar-refractivity contribution in [2.24, 2.45) is 27.9 Å². The number of hydrogen-bond acceptors (Lipinski definition) is 18. The van der Waals surface area contributed by atoms with E-state index < -0.39 is 111 Å². The summed E-state index contributed by atoms with van der Waals surface area (Å²) < 4.78 is 23.6. The Labute approximate surface area is 254 Å². The minimum Gasteiger partial charge on any atom is -0.395 e. The average Bonchev–Trinajstić information content (AvgIpc) is 3.01. The van der Waals surface area contributed by atoms with E-state index >= 15 is 0 Å². The molecule has 1 aliphatic carbocycles. The zero-order chi connectivity index (χ0) is 32.7. The van der Waals surface area contributed by atoms with Crippen molar-refractivity contribution in [1.29, 1.82) is 0 Å². The largest absolute Gasteiger partial charge is 0.395 e. The Kier molecular flexibility index (Phi) is 14.5. The second-order valence-electron chi connectivity index (χ2n) is 11.5. The molecule has 0 amide bonds. The molecule has 2 saturated heterocycles. The smallest absolute Gasteiger partial charge is 0.186 e. The highest BCUT2D eigenvalue weighted by atomic mass is 16.7. The Morgan fingerprint density at radius 1 is 0.886 bits per heavy atom. The summed E-state index contributed by atoms with van der Waals surface area (Å²) in [5.41, 5.74) is 24.5. The minimum atomic E-state index is -1.93. The molecule has 3 rings (SSSR count). The first kappa shape index (κ1) is 37.2. The first-order valence-electron chi connectivity index (χ1n) is 14.7. The summed E-state index contributed by atoms with van der Waals surface area (Å²) in [4.78, 5) is 4.19. The Bertz CT molecular complexity index is 895. The fourth-order valence-corrected chi connectivity index (χ4v) is 5.49. The van der Waals surface area contributed by atoms with E-state index in [2.05, 4.69) is 10.3 Å². The summed E-state index contributed by atoms with van der Waals surface area (Å²) >= 11 is 0. The van der Waals surface area contributed by atoms with Crippen molar-refractivity contribution in [3.8, 4) is 0 Å². The van der Waals surface area contributed by atoms with Gasteiger partial charge in [0.15, 0.2) is 12.6 Å². The zero-order valence-corrected chi connectivity index (χ0v) is 24.3. The molecule has 0 aromatic rings. The number of nitrogens with two attached hydrogens (primary N) is 4. The van der Waals surface area contributed by atoms with Crippen LogP contribution in [-0.2, 0) is 18.9 Å². The van der Waals surface area contributed by atoms with Gasteiger partial charge in [0.2, 0.25) is 0 Å². The number of aliphatic imine (C=N–C) groups is 1. The first-order chi connectivity index (χ1) is 20.8. The molecule has 16 atom stereocenters. The predicted molar refractivity (Wildman–Crippen MR) is 150 cm³/mol. The third-order valence-electron chi connectivity index (χ3n) is 8.19. The van der Waals surface area contributed by atoms with E-state index in [0.29, 0.717) is 25.9 Å². The number of nitrogens with zero attached hydrogens (tertiary/aromatic N) is 1. The maximum absolute atomic E-state index is 11.5. The molecule has 16 unspecified atom stereocenters. The van der Waals surface area contributed by atoms with Gasteiger partial charge in [-0.25, -0.2) is 0 Å². The van der Waals surface area contributed by atoms with Crippen molar-refractivity contribution in [2.75, 3.05) is 32.9 Å². The molecule has 44 heavy (non-hydrogen) atoms. The Morgan fingerprint density at radius 2 is 1.57 bits per heavy atom. The van der Waals surface area contributed by atoms with Gasteiger partial charge >= 0.3 is 0 Å². The summed E-state index contributed by atoms with van der Waals surface area (Å²) in [5, 5.41) is 93.5. The number of aliphatic hydroxyl groups is 9. The fourth-order valence-electron chi connectivity index (χ4n) is 5.49. The van der Waals surface area contributed by atoms with Gasteiger partial charge in [-0.05, 0) is 19.3 Å². The quantitative estimate of drug-likeness (QED) is 0.0475. The van der Waals surface area contributed by atoms with Gasteiger partial charge in [-0.1, -0.05) is 0 Å². The molecular formula is C25H50N6O13. The van der Waals surface area contributed by atoms with Crippen LogP contribution in [0.15, 0.2) is 4.99 Å². The number of amidine groups is 1. The van der Waals surface area contributed by atoms with Crippen LogP contribution < -0.4 is 28.3 Å². The topological polar surface area (TPSA) is 347 Å². The van der Waals surface area contributed by atoms with Crippen molar-refractivity contribution in [3.05, 3.63) is 0 Å². The third-order valence-corrected chi connectivity index (χ3v) is 8.19. The molecule has 18 N–H and O–H groups in total. The van der Waals surface area contributed by atoms with Gasteiger partial charge in [-0.3, -0.25) is 4.99 Å². The molecule has 0 spiro atoms. The number of ether oxygens (including phenoxy) is 4. The SMILES string of the molecule is NC(=NC1CC(N)C(OC2OC(CNCCO)CCC2N)C(O)C1OC1OC(CO)C(O)C(N)C1O)C(O)C(O)C(O)CO. The lowest BCUT2D eigenvalue weighted by molar-refractivity contribution is -0.312. The Hall–Kier alpha value is -1.21. The number of aliphatic hydroxyl groups excluding tert-OH is 9. The first-order valence-corrected chi connectivity index (χ1v) is 14.7. The summed E-state index contributed by atoms with van der Waals surface area (Å²) in [7, 11) is 0. The van der Waals surface area contributed by atoms with Crippen LogP contribution in [0.3, 0.4) is 0 Å². The van der Waals surface area contributed by atoms with Crippen molar-refractivity contribution >= 4 is 5.84 Å². The van der Waals surface area contributed by atoms with Crippen LogP contribution in [-0.4, -0.2) is 182 Å². The van der Waals surface area contributed by atoms with E-state index in [9.17, 15) is 35.7 Å². The van der Waals surface area contributed by atoms with Gasteiger partial charge < -0.3 is 93.2 Å². The van der Waals surface area contributed by atoms with Crippen LogP contribution in [0.25, 0.3) is 0 Å². The lowest BCUT2D eigenvalue weighted by atomic mass is 9.83. The number of rotatable bonds is 14. The highest BCUT2D eigenvalue weighted by Gasteiger charge is 2.51. The summed E-state index contributed by atoms with van der Waals surface area (Å²) in [6.45, 7) is -0.802. The van der Waals surface area contributed by atoms with Crippen LogP contribution in [0, 0.1) is 0 Å². The molecule has 1 saturated carbocycles. The molecule has 3 fully saturated rings. The van der Waals surface area contributed by atoms with Crippen molar-refractivity contribution in [1.82, 2.24) is 5.32 Å². The molecule has 0 radical (unpaired) electrons. The van der Waals surface area contributed by atoms with E-state index in [1.165, 1.54) is 0 Å². The standard InChI is InChI=1S/C25H50N6O13/c26-10-2-1-9(6-30-3-4-32)41-24(10)43-21-11(27)5-12(31-23(29)19(39)16(36)13(35)7-33)22(20(21)40)44-25-18(38)15(28)17(37)14(8-34)42-25/h9-22,24-25,30,32-40H,1-8,26-28H2,(H2,29,31). The van der Waals surface area contributed by atoms with Gasteiger partial charge in [0.25, 0.3) is 0 Å². The second-order valence-corrected chi connectivity index (χ2v) is 11.5. The molecule has 3 aliphatic rings. The van der Waals surface area contributed by atoms with E-state index in [1.54, 1.807) is 0 Å². The molecule has 0 aromatic carbocycles. The molecule has 2 heterocycles. The van der Waals surface area contributed by atoms with Gasteiger partial charge in [-0.2, -0.15) is 0 Å². The minimum absolute atomic E-state index is 0.0504. The van der Waals surface area contributed by atoms with Crippen LogP contribution >= 0.6 is 0 Å². The van der Waals surface area contributed by atoms with Crippen LogP contribution in [0.5, 0.6) is 0 Å². The van der Waals surface area contributed by atoms with Gasteiger partial charge in [0, 0.05) is 19.1 Å². The molecule has 2 aliphatic heterocycles. The summed E-state index contributed by atoms with van der Waals surface area (Å²) in [6, 6.07) is -3.96. The maximum atomic E-state index is 11.5. The van der Waals surface area contributed by atoms with Crippen LogP contribution in [0.2, 0.25) is 0 Å². The molecule has 0 bridgehead atoms. The molecule has 19 heteroatoms. The summed E-state index contributed by atoms with van der Waals surface area (Å²) in [5.74, 6) is -0.580. The van der Waals surface area contributed by atoms with Crippen molar-refractivity contribution < 1.29 is 64.9 Å². The fraction of sp³-hybridized carbons (Fsp3) is 0.960. The zero-order valence-electron chi connectivity index (χ0n) is 24.3. The van der Waals surface area contributed by atoms with E-state index in [0.717, 1.165) is 0 Å². The van der Waals surface area contributed by atoms with Gasteiger partial charge in [0.1, 0.15) is 60.8 Å². The van der Waals surface area contributed by atoms with Crippen molar-refractivity contribution in [3.63, 3.8) is 0 Å². The average molecular weight is 643 g/mol. The Morgan fingerprint density at radius 3 is 2.20 bits per heavy atom. The summed E-state index contributed by atoms with van der Waals surface area (Å²) in [6.07, 6.45) is -15.9. The number of nitrogens with one attached hydrogen (secondary N) is 1. The monoisotopic (exact) mass is 642 g/mol. The predicted octanol–water partition coefficient (Wildman–Crippen LogP) is -8.17. The Balaban J connectivity index is 1.86. The van der Waals surface area contributed by atoms with Gasteiger partial charge in [-0.15, -0.1) is 0 Å². The second kappa shape index (κ2) is 17.1. The lowest BCUT2D eigenvalue weighted by Gasteiger charge is -2.47. The van der Waals surface area contributed by atoms with Crippen LogP contribution in [0.4, 0.5) is 0 Å². The molecule has 258 valence electrons.